The van der Waals surface area contributed by atoms with E-state index in [1.165, 1.54) is 16.0 Å². The number of benzene rings is 2. The maximum atomic E-state index is 12.7. The largest absolute Gasteiger partial charge is 0.487 e. The van der Waals surface area contributed by atoms with Crippen LogP contribution < -0.4 is 9.47 Å². The molecular weight excluding hydrogens is 406 g/mol. The maximum Gasteiger partial charge on any atom is 0.225 e. The number of hydrogen-bond donors (Lipinski definition) is 0. The molecule has 0 bridgehead atoms. The van der Waals surface area contributed by atoms with E-state index >= 15 is 0 Å². The summed E-state index contributed by atoms with van der Waals surface area (Å²) in [5, 5.41) is 2.08. The normalized spacial score (nSPS) is 17.6. The molecule has 1 aliphatic carbocycles. The molecule has 1 atom stereocenters. The van der Waals surface area contributed by atoms with Gasteiger partial charge in [-0.25, -0.2) is 0 Å². The Kier molecular flexibility index (Phi) is 5.45. The lowest BCUT2D eigenvalue weighted by Gasteiger charge is -2.22. The van der Waals surface area contributed by atoms with Crippen LogP contribution >= 0.6 is 11.3 Å². The molecule has 0 N–H and O–H groups in total. The third kappa shape index (κ3) is 3.94. The molecule has 4 nitrogen and oxygen atoms in total. The first-order valence-corrected chi connectivity index (χ1v) is 11.8. The number of fused-ring (bicyclic) bond motifs is 2. The number of rotatable bonds is 4. The molecule has 2 aromatic carbocycles. The molecule has 160 valence electrons. The number of carbonyl (C=O) groups excluding carboxylic acids is 1. The van der Waals surface area contributed by atoms with E-state index in [-0.39, 0.29) is 17.9 Å². The van der Waals surface area contributed by atoms with Crippen LogP contribution in [-0.4, -0.2) is 24.0 Å². The molecule has 0 spiro atoms. The minimum absolute atomic E-state index is 0.0270. The Balaban J connectivity index is 1.54. The van der Waals surface area contributed by atoms with Crippen molar-refractivity contribution in [2.24, 2.45) is 5.92 Å². The summed E-state index contributed by atoms with van der Waals surface area (Å²) in [4.78, 5) is 15.8. The fourth-order valence-electron chi connectivity index (χ4n) is 4.50. The van der Waals surface area contributed by atoms with Gasteiger partial charge in [0, 0.05) is 22.9 Å². The van der Waals surface area contributed by atoms with Crippen molar-refractivity contribution < 1.29 is 14.3 Å². The monoisotopic (exact) mass is 433 g/mol. The summed E-state index contributed by atoms with van der Waals surface area (Å²) in [7, 11) is 0. The summed E-state index contributed by atoms with van der Waals surface area (Å²) in [5.74, 6) is 1.68. The number of hydrogen-bond acceptors (Lipinski definition) is 4. The van der Waals surface area contributed by atoms with Gasteiger partial charge in [0.05, 0.1) is 6.54 Å². The molecule has 31 heavy (non-hydrogen) atoms. The Morgan fingerprint density at radius 1 is 1.16 bits per heavy atom. The number of ether oxygens (including phenoxy) is 2. The van der Waals surface area contributed by atoms with Gasteiger partial charge < -0.3 is 14.4 Å². The van der Waals surface area contributed by atoms with Gasteiger partial charge in [-0.3, -0.25) is 4.79 Å². The van der Waals surface area contributed by atoms with Crippen molar-refractivity contribution in [1.82, 2.24) is 4.90 Å². The Labute approximate surface area is 187 Å². The standard InChI is InChI=1S/C26H27NO3S/c1-17(2)26(28)27-11-12-29-25-20(16-27)14-19(24-8-5-13-31-24)15-23(25)30-22-10-9-18-6-3-4-7-21(18)22/h3-8,13-15,17,22H,9-12,16H2,1-2H3/t22-/m0/s1. The van der Waals surface area contributed by atoms with Crippen LogP contribution in [0.15, 0.2) is 53.9 Å². The van der Waals surface area contributed by atoms with Crippen LogP contribution in [0.4, 0.5) is 0 Å². The average Bonchev–Trinajstić information content (AvgIpc) is 3.39. The first-order chi connectivity index (χ1) is 15.1. The Morgan fingerprint density at radius 3 is 2.84 bits per heavy atom. The zero-order chi connectivity index (χ0) is 21.4. The average molecular weight is 434 g/mol. The van der Waals surface area contributed by atoms with E-state index in [0.29, 0.717) is 19.7 Å². The highest BCUT2D eigenvalue weighted by molar-refractivity contribution is 7.13. The van der Waals surface area contributed by atoms with E-state index in [2.05, 4.69) is 53.9 Å². The Hall–Kier alpha value is -2.79. The Morgan fingerprint density at radius 2 is 2.03 bits per heavy atom. The van der Waals surface area contributed by atoms with Gasteiger partial charge in [-0.1, -0.05) is 44.2 Å². The number of thiophene rings is 1. The van der Waals surface area contributed by atoms with Gasteiger partial charge in [0.25, 0.3) is 0 Å². The molecule has 0 fully saturated rings. The van der Waals surface area contributed by atoms with E-state index in [4.69, 9.17) is 9.47 Å². The molecule has 2 heterocycles. The molecule has 1 amide bonds. The molecule has 0 unspecified atom stereocenters. The van der Waals surface area contributed by atoms with E-state index in [0.717, 1.165) is 35.5 Å². The zero-order valence-electron chi connectivity index (χ0n) is 18.0. The highest BCUT2D eigenvalue weighted by atomic mass is 32.1. The fourth-order valence-corrected chi connectivity index (χ4v) is 5.22. The van der Waals surface area contributed by atoms with Gasteiger partial charge in [-0.2, -0.15) is 0 Å². The zero-order valence-corrected chi connectivity index (χ0v) is 18.8. The lowest BCUT2D eigenvalue weighted by molar-refractivity contribution is -0.135. The predicted octanol–water partition coefficient (Wildman–Crippen LogP) is 5.86. The number of carbonyl (C=O) groups is 1. The van der Waals surface area contributed by atoms with Gasteiger partial charge in [-0.05, 0) is 53.1 Å². The quantitative estimate of drug-likeness (QED) is 0.517. The SMILES string of the molecule is CC(C)C(=O)N1CCOc2c(cc(-c3cccs3)cc2O[C@H]2CCc3ccccc32)C1. The number of aryl methyl sites for hydroxylation is 1. The third-order valence-corrected chi connectivity index (χ3v) is 6.98. The molecular formula is C26H27NO3S. The molecule has 2 aliphatic rings. The summed E-state index contributed by atoms with van der Waals surface area (Å²) in [6.07, 6.45) is 2.03. The summed E-state index contributed by atoms with van der Waals surface area (Å²) in [6.45, 7) is 5.50. The van der Waals surface area contributed by atoms with Crippen LogP contribution in [-0.2, 0) is 17.8 Å². The molecule has 5 rings (SSSR count). The molecule has 0 saturated heterocycles. The van der Waals surface area contributed by atoms with Crippen molar-refractivity contribution in [3.05, 3.63) is 70.6 Å². The number of nitrogens with zero attached hydrogens (tertiary/aromatic N) is 1. The van der Waals surface area contributed by atoms with Crippen LogP contribution in [0.2, 0.25) is 0 Å². The molecule has 5 heteroatoms. The highest BCUT2D eigenvalue weighted by Crippen LogP contribution is 2.43. The lowest BCUT2D eigenvalue weighted by atomic mass is 10.1. The Bertz CT molecular complexity index is 1090. The van der Waals surface area contributed by atoms with Crippen LogP contribution in [0.25, 0.3) is 10.4 Å². The summed E-state index contributed by atoms with van der Waals surface area (Å²) in [5.41, 5.74) is 4.75. The van der Waals surface area contributed by atoms with Crippen molar-refractivity contribution in [2.75, 3.05) is 13.2 Å². The second-order valence-electron chi connectivity index (χ2n) is 8.55. The second-order valence-corrected chi connectivity index (χ2v) is 9.49. The first kappa shape index (κ1) is 20.1. The van der Waals surface area contributed by atoms with E-state index in [1.807, 2.05) is 18.7 Å². The molecule has 3 aromatic rings. The van der Waals surface area contributed by atoms with Crippen molar-refractivity contribution in [1.29, 1.82) is 0 Å². The van der Waals surface area contributed by atoms with Gasteiger partial charge >= 0.3 is 0 Å². The van der Waals surface area contributed by atoms with Gasteiger partial charge in [0.2, 0.25) is 5.91 Å². The summed E-state index contributed by atoms with van der Waals surface area (Å²) >= 11 is 1.71. The van der Waals surface area contributed by atoms with E-state index < -0.39 is 0 Å². The third-order valence-electron chi connectivity index (χ3n) is 6.06. The first-order valence-electron chi connectivity index (χ1n) is 11.0. The molecule has 1 aliphatic heterocycles. The fraction of sp³-hybridized carbons (Fsp3) is 0.346. The summed E-state index contributed by atoms with van der Waals surface area (Å²) in [6, 6.07) is 17.0. The van der Waals surface area contributed by atoms with Crippen molar-refractivity contribution >= 4 is 17.2 Å². The lowest BCUT2D eigenvalue weighted by Crippen LogP contribution is -2.35. The minimum atomic E-state index is -0.0345. The number of amides is 1. The molecule has 0 radical (unpaired) electrons. The molecule has 1 aromatic heterocycles. The van der Waals surface area contributed by atoms with E-state index in [1.54, 1.807) is 11.3 Å². The molecule has 0 saturated carbocycles. The van der Waals surface area contributed by atoms with Crippen molar-refractivity contribution in [3.8, 4) is 21.9 Å². The topological polar surface area (TPSA) is 38.8 Å². The van der Waals surface area contributed by atoms with Crippen LogP contribution in [0.3, 0.4) is 0 Å². The van der Waals surface area contributed by atoms with Crippen molar-refractivity contribution in [3.63, 3.8) is 0 Å². The minimum Gasteiger partial charge on any atom is -0.487 e. The van der Waals surface area contributed by atoms with Crippen LogP contribution in [0, 0.1) is 5.92 Å². The predicted molar refractivity (Wildman–Crippen MR) is 124 cm³/mol. The second kappa shape index (κ2) is 8.39. The van der Waals surface area contributed by atoms with Crippen LogP contribution in [0.5, 0.6) is 11.5 Å². The van der Waals surface area contributed by atoms with Gasteiger partial charge in [-0.15, -0.1) is 11.3 Å². The van der Waals surface area contributed by atoms with Crippen LogP contribution in [0.1, 0.15) is 43.1 Å². The highest BCUT2D eigenvalue weighted by Gasteiger charge is 2.28. The van der Waals surface area contributed by atoms with Crippen molar-refractivity contribution in [2.45, 2.75) is 39.3 Å². The smallest absolute Gasteiger partial charge is 0.225 e. The van der Waals surface area contributed by atoms with Gasteiger partial charge in [0.15, 0.2) is 11.5 Å². The van der Waals surface area contributed by atoms with Gasteiger partial charge in [0.1, 0.15) is 12.7 Å². The summed E-state index contributed by atoms with van der Waals surface area (Å²) < 4.78 is 12.8. The van der Waals surface area contributed by atoms with E-state index in [9.17, 15) is 4.79 Å². The maximum absolute atomic E-state index is 12.7.